The summed E-state index contributed by atoms with van der Waals surface area (Å²) >= 11 is 0. The highest BCUT2D eigenvalue weighted by molar-refractivity contribution is 5.38. The summed E-state index contributed by atoms with van der Waals surface area (Å²) in [6.07, 6.45) is 12.3. The van der Waals surface area contributed by atoms with E-state index in [1.165, 1.54) is 19.3 Å². The van der Waals surface area contributed by atoms with Crippen molar-refractivity contribution in [3.63, 3.8) is 0 Å². The molecule has 2 atom stereocenters. The normalized spacial score (nSPS) is 30.7. The van der Waals surface area contributed by atoms with Gasteiger partial charge in [-0.25, -0.2) is 4.79 Å². The van der Waals surface area contributed by atoms with Gasteiger partial charge in [0.05, 0.1) is 5.76 Å². The van der Waals surface area contributed by atoms with Gasteiger partial charge in [-0.2, -0.15) is 0 Å². The Balaban J connectivity index is 1.36. The minimum atomic E-state index is -0.759. The molecule has 0 bridgehead atoms. The van der Waals surface area contributed by atoms with Gasteiger partial charge in [-0.15, -0.1) is 0 Å². The molecule has 0 radical (unpaired) electrons. The molecule has 0 spiro atoms. The van der Waals surface area contributed by atoms with Crippen molar-refractivity contribution in [3.8, 4) is 5.75 Å². The molecule has 5 heteroatoms. The lowest BCUT2D eigenvalue weighted by Gasteiger charge is -2.30. The molecule has 29 heavy (non-hydrogen) atoms. The van der Waals surface area contributed by atoms with Crippen molar-refractivity contribution >= 4 is 0 Å². The fourth-order valence-corrected chi connectivity index (χ4v) is 5.48. The smallest absolute Gasteiger partial charge is 0.346 e. The molecule has 0 aromatic carbocycles. The van der Waals surface area contributed by atoms with Crippen molar-refractivity contribution in [3.05, 3.63) is 39.6 Å². The minimum absolute atomic E-state index is 0.0387. The maximum Gasteiger partial charge on any atom is 0.346 e. The first-order valence-corrected chi connectivity index (χ1v) is 11.3. The molecular formula is C24H32O5. The van der Waals surface area contributed by atoms with E-state index in [0.717, 1.165) is 57.5 Å². The fourth-order valence-electron chi connectivity index (χ4n) is 5.48. The summed E-state index contributed by atoms with van der Waals surface area (Å²) in [4.78, 5) is 13.0. The first-order chi connectivity index (χ1) is 14.0. The Morgan fingerprint density at radius 2 is 2.00 bits per heavy atom. The molecule has 2 saturated carbocycles. The third-order valence-electron chi connectivity index (χ3n) is 7.31. The number of hydrogen-bond acceptors (Lipinski definition) is 5. The van der Waals surface area contributed by atoms with E-state index in [4.69, 9.17) is 13.9 Å². The molecule has 0 amide bonds. The number of aromatic hydroxyl groups is 1. The van der Waals surface area contributed by atoms with Crippen LogP contribution in [0.15, 0.2) is 27.1 Å². The van der Waals surface area contributed by atoms with E-state index in [1.807, 2.05) is 13.0 Å². The first kappa shape index (κ1) is 19.2. The van der Waals surface area contributed by atoms with Crippen LogP contribution in [-0.4, -0.2) is 18.3 Å². The summed E-state index contributed by atoms with van der Waals surface area (Å²) < 4.78 is 17.5. The van der Waals surface area contributed by atoms with Crippen molar-refractivity contribution in [2.75, 3.05) is 13.2 Å². The Labute approximate surface area is 172 Å². The van der Waals surface area contributed by atoms with Crippen molar-refractivity contribution in [1.82, 2.24) is 0 Å². The SMILES string of the molecule is CC1=CCC(CC2CC2)(c2c(O)cc(CC3(CC4CCCOC4)CC3)oc2=O)O1. The molecule has 158 valence electrons. The van der Waals surface area contributed by atoms with Crippen LogP contribution in [0.3, 0.4) is 0 Å². The third-order valence-corrected chi connectivity index (χ3v) is 7.31. The Morgan fingerprint density at radius 3 is 2.59 bits per heavy atom. The van der Waals surface area contributed by atoms with Crippen LogP contribution in [-0.2, 0) is 21.5 Å². The number of ether oxygens (including phenoxy) is 2. The van der Waals surface area contributed by atoms with Crippen LogP contribution in [0.5, 0.6) is 5.75 Å². The van der Waals surface area contributed by atoms with Gasteiger partial charge in [0.15, 0.2) is 0 Å². The van der Waals surface area contributed by atoms with Crippen LogP contribution in [0.4, 0.5) is 0 Å². The molecule has 1 saturated heterocycles. The van der Waals surface area contributed by atoms with Crippen LogP contribution in [0, 0.1) is 17.3 Å². The molecule has 3 fully saturated rings. The number of allylic oxidation sites excluding steroid dienone is 1. The summed E-state index contributed by atoms with van der Waals surface area (Å²) in [5.74, 6) is 2.64. The third kappa shape index (κ3) is 3.98. The second kappa shape index (κ2) is 7.19. The van der Waals surface area contributed by atoms with Crippen LogP contribution in [0.1, 0.15) is 76.0 Å². The predicted octanol–water partition coefficient (Wildman–Crippen LogP) is 4.80. The van der Waals surface area contributed by atoms with E-state index in [2.05, 4.69) is 0 Å². The van der Waals surface area contributed by atoms with Crippen molar-refractivity contribution in [2.45, 2.75) is 76.7 Å². The van der Waals surface area contributed by atoms with Gasteiger partial charge >= 0.3 is 5.63 Å². The summed E-state index contributed by atoms with van der Waals surface area (Å²) in [5, 5.41) is 10.9. The first-order valence-electron chi connectivity index (χ1n) is 11.3. The average molecular weight is 401 g/mol. The number of rotatable bonds is 7. The summed E-state index contributed by atoms with van der Waals surface area (Å²) in [7, 11) is 0. The van der Waals surface area contributed by atoms with Crippen LogP contribution in [0.25, 0.3) is 0 Å². The Hall–Kier alpha value is -1.75. The van der Waals surface area contributed by atoms with E-state index in [1.54, 1.807) is 6.07 Å². The van der Waals surface area contributed by atoms with Crippen LogP contribution < -0.4 is 5.63 Å². The highest BCUT2D eigenvalue weighted by atomic mass is 16.5. The Bertz CT molecular complexity index is 855. The zero-order chi connectivity index (χ0) is 20.1. The number of hydrogen-bond donors (Lipinski definition) is 1. The van der Waals surface area contributed by atoms with Gasteiger partial charge < -0.3 is 19.0 Å². The largest absolute Gasteiger partial charge is 0.507 e. The van der Waals surface area contributed by atoms with Gasteiger partial charge in [-0.05, 0) is 68.8 Å². The van der Waals surface area contributed by atoms with E-state index in [0.29, 0.717) is 29.6 Å². The van der Waals surface area contributed by atoms with Crippen molar-refractivity contribution < 1.29 is 19.0 Å². The van der Waals surface area contributed by atoms with Crippen LogP contribution >= 0.6 is 0 Å². The zero-order valence-electron chi connectivity index (χ0n) is 17.4. The molecule has 2 aliphatic carbocycles. The standard InChI is InChI=1S/C24H32O5/c1-16-6-7-24(29-16,13-17-4-5-17)21-20(25)11-19(28-22(21)26)14-23(8-9-23)12-18-3-2-10-27-15-18/h6,11,17-18,25H,2-5,7-10,12-15H2,1H3. The van der Waals surface area contributed by atoms with Gasteiger partial charge in [0, 0.05) is 32.1 Å². The van der Waals surface area contributed by atoms with Gasteiger partial charge in [-0.3, -0.25) is 0 Å². The zero-order valence-corrected chi connectivity index (χ0v) is 17.4. The Kier molecular flexibility index (Phi) is 4.77. The second-order valence-electron chi connectivity index (χ2n) is 9.99. The molecule has 5 rings (SSSR count). The maximum absolute atomic E-state index is 13.0. The van der Waals surface area contributed by atoms with Gasteiger partial charge in [0.25, 0.3) is 0 Å². The van der Waals surface area contributed by atoms with E-state index < -0.39 is 11.2 Å². The van der Waals surface area contributed by atoms with Gasteiger partial charge in [0.2, 0.25) is 0 Å². The molecular weight excluding hydrogens is 368 g/mol. The van der Waals surface area contributed by atoms with E-state index in [9.17, 15) is 9.90 Å². The van der Waals surface area contributed by atoms with Crippen molar-refractivity contribution in [2.24, 2.45) is 17.3 Å². The topological polar surface area (TPSA) is 68.9 Å². The maximum atomic E-state index is 13.0. The lowest BCUT2D eigenvalue weighted by Crippen LogP contribution is -2.32. The minimum Gasteiger partial charge on any atom is -0.507 e. The Morgan fingerprint density at radius 1 is 1.17 bits per heavy atom. The molecule has 1 aromatic rings. The van der Waals surface area contributed by atoms with Gasteiger partial charge in [-0.1, -0.05) is 12.8 Å². The highest BCUT2D eigenvalue weighted by Crippen LogP contribution is 2.54. The summed E-state index contributed by atoms with van der Waals surface area (Å²) in [6.45, 7) is 3.64. The van der Waals surface area contributed by atoms with Crippen LogP contribution in [0.2, 0.25) is 0 Å². The lowest BCUT2D eigenvalue weighted by molar-refractivity contribution is 0.00455. The van der Waals surface area contributed by atoms with E-state index >= 15 is 0 Å². The molecule has 5 nitrogen and oxygen atoms in total. The molecule has 1 aromatic heterocycles. The molecule has 1 N–H and O–H groups in total. The quantitative estimate of drug-likeness (QED) is 0.712. The highest BCUT2D eigenvalue weighted by Gasteiger charge is 2.48. The molecule has 4 aliphatic rings. The molecule has 2 aliphatic heterocycles. The molecule has 2 unspecified atom stereocenters. The summed E-state index contributed by atoms with van der Waals surface area (Å²) in [5.41, 5.74) is -0.666. The molecule has 3 heterocycles. The average Bonchev–Trinajstić information content (AvgIpc) is 3.58. The lowest BCUT2D eigenvalue weighted by atomic mass is 9.84. The van der Waals surface area contributed by atoms with E-state index in [-0.39, 0.29) is 11.2 Å². The summed E-state index contributed by atoms with van der Waals surface area (Å²) in [6, 6.07) is 1.68. The monoisotopic (exact) mass is 400 g/mol. The van der Waals surface area contributed by atoms with Gasteiger partial charge in [0.1, 0.15) is 22.7 Å². The fraction of sp³-hybridized carbons (Fsp3) is 0.708. The predicted molar refractivity (Wildman–Crippen MR) is 109 cm³/mol. The second-order valence-corrected chi connectivity index (χ2v) is 9.99. The van der Waals surface area contributed by atoms with Crippen molar-refractivity contribution in [1.29, 1.82) is 0 Å².